The fraction of sp³-hybridized carbons (Fsp3) is 0. The molecule has 0 amide bonds. The largest absolute Gasteiger partial charge is 0.456 e. The Morgan fingerprint density at radius 1 is 0.333 bits per heavy atom. The highest BCUT2D eigenvalue weighted by atomic mass is 16.3. The maximum atomic E-state index is 6.35. The van der Waals surface area contributed by atoms with E-state index in [-0.39, 0.29) is 0 Å². The van der Waals surface area contributed by atoms with Crippen molar-refractivity contribution >= 4 is 43.5 Å². The average molecular weight is 650 g/mol. The molecule has 0 unspecified atom stereocenters. The van der Waals surface area contributed by atoms with E-state index in [1.165, 1.54) is 33.0 Å². The summed E-state index contributed by atoms with van der Waals surface area (Å²) in [5.74, 6) is 1.89. The summed E-state index contributed by atoms with van der Waals surface area (Å²) in [5, 5.41) is 6.80. The summed E-state index contributed by atoms with van der Waals surface area (Å²) in [5.41, 5.74) is 11.7. The maximum absolute atomic E-state index is 6.35. The molecule has 4 heteroatoms. The van der Waals surface area contributed by atoms with E-state index in [1.807, 2.05) is 36.4 Å². The molecule has 0 bridgehead atoms. The zero-order valence-electron chi connectivity index (χ0n) is 27.3. The number of nitrogens with zero attached hydrogens (tertiary/aromatic N) is 3. The third kappa shape index (κ3) is 4.23. The van der Waals surface area contributed by atoms with Gasteiger partial charge in [0.2, 0.25) is 0 Å². The van der Waals surface area contributed by atoms with E-state index >= 15 is 0 Å². The Morgan fingerprint density at radius 3 is 1.80 bits per heavy atom. The first kappa shape index (κ1) is 28.0. The topological polar surface area (TPSA) is 51.8 Å². The molecule has 0 saturated heterocycles. The molecule has 10 aromatic rings. The molecular weight excluding hydrogens is 623 g/mol. The Hall–Kier alpha value is -6.91. The van der Waals surface area contributed by atoms with Gasteiger partial charge >= 0.3 is 0 Å². The van der Waals surface area contributed by atoms with E-state index in [0.29, 0.717) is 17.5 Å². The molecule has 2 aromatic heterocycles. The van der Waals surface area contributed by atoms with Crippen molar-refractivity contribution in [2.75, 3.05) is 0 Å². The molecule has 1 aliphatic carbocycles. The third-order valence-corrected chi connectivity index (χ3v) is 10.3. The third-order valence-electron chi connectivity index (χ3n) is 10.3. The fourth-order valence-corrected chi connectivity index (χ4v) is 8.02. The summed E-state index contributed by atoms with van der Waals surface area (Å²) in [6.45, 7) is 0. The molecule has 0 N–H and O–H groups in total. The van der Waals surface area contributed by atoms with Gasteiger partial charge in [-0.3, -0.25) is 0 Å². The van der Waals surface area contributed by atoms with Crippen LogP contribution < -0.4 is 0 Å². The van der Waals surface area contributed by atoms with Gasteiger partial charge in [0.1, 0.15) is 11.2 Å². The van der Waals surface area contributed by atoms with Crippen molar-refractivity contribution in [1.29, 1.82) is 0 Å². The number of furan rings is 1. The van der Waals surface area contributed by atoms with Crippen LogP contribution >= 0.6 is 0 Å². The Kier molecular flexibility index (Phi) is 5.92. The predicted octanol–water partition coefficient (Wildman–Crippen LogP) is 12.4. The van der Waals surface area contributed by atoms with E-state index in [4.69, 9.17) is 19.4 Å². The van der Waals surface area contributed by atoms with E-state index in [9.17, 15) is 0 Å². The quantitative estimate of drug-likeness (QED) is 0.190. The molecule has 51 heavy (non-hydrogen) atoms. The van der Waals surface area contributed by atoms with Crippen molar-refractivity contribution in [3.63, 3.8) is 0 Å². The molecular formula is C47H27N3O. The Morgan fingerprint density at radius 2 is 0.941 bits per heavy atom. The van der Waals surface area contributed by atoms with Crippen LogP contribution in [0.3, 0.4) is 0 Å². The summed E-state index contributed by atoms with van der Waals surface area (Å²) >= 11 is 0. The number of aromatic nitrogens is 3. The molecule has 4 nitrogen and oxygen atoms in total. The van der Waals surface area contributed by atoms with Crippen molar-refractivity contribution in [2.45, 2.75) is 0 Å². The first-order chi connectivity index (χ1) is 25.3. The minimum atomic E-state index is 0.626. The summed E-state index contributed by atoms with van der Waals surface area (Å²) in [6.07, 6.45) is 0. The highest BCUT2D eigenvalue weighted by molar-refractivity contribution is 6.17. The second-order valence-electron chi connectivity index (χ2n) is 13.1. The van der Waals surface area contributed by atoms with Gasteiger partial charge in [0.15, 0.2) is 17.5 Å². The van der Waals surface area contributed by atoms with Gasteiger partial charge in [-0.2, -0.15) is 0 Å². The summed E-state index contributed by atoms with van der Waals surface area (Å²) < 4.78 is 6.35. The molecule has 0 saturated carbocycles. The highest BCUT2D eigenvalue weighted by Gasteiger charge is 2.24. The van der Waals surface area contributed by atoms with E-state index < -0.39 is 0 Å². The molecule has 0 fully saturated rings. The second-order valence-corrected chi connectivity index (χ2v) is 13.1. The lowest BCUT2D eigenvalue weighted by Crippen LogP contribution is -2.02. The normalized spacial score (nSPS) is 11.9. The van der Waals surface area contributed by atoms with Crippen molar-refractivity contribution in [3.05, 3.63) is 164 Å². The SMILES string of the molecule is c1ccc(-c2nc(-c3cc4c5c(cccc5c3)-c3ccccc3-4)nc(-c3c(-c4cccc5oc6ccccc6c45)ccc4ccccc34)n2)cc1. The van der Waals surface area contributed by atoms with Gasteiger partial charge in [-0.05, 0) is 79.2 Å². The maximum Gasteiger partial charge on any atom is 0.165 e. The Balaban J connectivity index is 1.22. The van der Waals surface area contributed by atoms with Crippen LogP contribution in [-0.4, -0.2) is 15.0 Å². The zero-order chi connectivity index (χ0) is 33.5. The second kappa shape index (κ2) is 10.8. The van der Waals surface area contributed by atoms with Crippen molar-refractivity contribution in [3.8, 4) is 67.5 Å². The first-order valence-corrected chi connectivity index (χ1v) is 17.2. The number of para-hydroxylation sites is 1. The van der Waals surface area contributed by atoms with E-state index in [1.54, 1.807) is 0 Å². The first-order valence-electron chi connectivity index (χ1n) is 17.2. The van der Waals surface area contributed by atoms with Crippen molar-refractivity contribution < 1.29 is 4.42 Å². The molecule has 0 spiro atoms. The Bertz CT molecular complexity index is 3030. The molecule has 0 aliphatic heterocycles. The number of rotatable bonds is 4. The fourth-order valence-electron chi connectivity index (χ4n) is 8.02. The van der Waals surface area contributed by atoms with Gasteiger partial charge in [0.25, 0.3) is 0 Å². The minimum absolute atomic E-state index is 0.626. The standard InChI is InChI=1S/C47H27N3O/c1-2-13-29(14-3-1)45-48-46(31-26-30-15-10-20-35-33-17-6-7-18-34(33)39(27-31)42(30)35)50-47(49-45)44-32-16-5-4-12-28(32)24-25-37(44)36-21-11-23-41-43(36)38-19-8-9-22-40(38)51-41/h1-27H. The lowest BCUT2D eigenvalue weighted by atomic mass is 9.91. The molecule has 11 rings (SSSR count). The molecule has 0 atom stereocenters. The van der Waals surface area contributed by atoms with Gasteiger partial charge < -0.3 is 4.42 Å². The summed E-state index contributed by atoms with van der Waals surface area (Å²) in [6, 6.07) is 57.3. The lowest BCUT2D eigenvalue weighted by molar-refractivity contribution is 0.669. The summed E-state index contributed by atoms with van der Waals surface area (Å²) in [7, 11) is 0. The van der Waals surface area contributed by atoms with Crippen LogP contribution in [0.15, 0.2) is 168 Å². The van der Waals surface area contributed by atoms with Gasteiger partial charge in [-0.1, -0.05) is 140 Å². The zero-order valence-corrected chi connectivity index (χ0v) is 27.3. The minimum Gasteiger partial charge on any atom is -0.456 e. The smallest absolute Gasteiger partial charge is 0.165 e. The van der Waals surface area contributed by atoms with Crippen LogP contribution in [0.5, 0.6) is 0 Å². The van der Waals surface area contributed by atoms with Gasteiger partial charge in [0, 0.05) is 27.5 Å². The van der Waals surface area contributed by atoms with Crippen LogP contribution in [0.25, 0.3) is 111 Å². The molecule has 2 heterocycles. The van der Waals surface area contributed by atoms with E-state index in [2.05, 4.69) is 127 Å². The molecule has 1 aliphatic rings. The number of benzene rings is 8. The molecule has 0 radical (unpaired) electrons. The van der Waals surface area contributed by atoms with Crippen molar-refractivity contribution in [1.82, 2.24) is 15.0 Å². The Labute approximate surface area is 293 Å². The van der Waals surface area contributed by atoms with Crippen LogP contribution in [-0.2, 0) is 0 Å². The van der Waals surface area contributed by atoms with Crippen molar-refractivity contribution in [2.24, 2.45) is 0 Å². The molecule has 236 valence electrons. The van der Waals surface area contributed by atoms with Gasteiger partial charge in [-0.25, -0.2) is 15.0 Å². The average Bonchev–Trinajstić information content (AvgIpc) is 3.74. The number of hydrogen-bond acceptors (Lipinski definition) is 4. The number of fused-ring (bicyclic) bond motifs is 7. The van der Waals surface area contributed by atoms with Gasteiger partial charge in [0.05, 0.1) is 0 Å². The summed E-state index contributed by atoms with van der Waals surface area (Å²) in [4.78, 5) is 15.8. The molecule has 8 aromatic carbocycles. The van der Waals surface area contributed by atoms with Crippen LogP contribution in [0.2, 0.25) is 0 Å². The van der Waals surface area contributed by atoms with Crippen LogP contribution in [0, 0.1) is 0 Å². The number of hydrogen-bond donors (Lipinski definition) is 0. The van der Waals surface area contributed by atoms with Gasteiger partial charge in [-0.15, -0.1) is 0 Å². The lowest BCUT2D eigenvalue weighted by Gasteiger charge is -2.16. The predicted molar refractivity (Wildman–Crippen MR) is 208 cm³/mol. The van der Waals surface area contributed by atoms with Crippen LogP contribution in [0.4, 0.5) is 0 Å². The van der Waals surface area contributed by atoms with Crippen LogP contribution in [0.1, 0.15) is 0 Å². The monoisotopic (exact) mass is 649 g/mol. The van der Waals surface area contributed by atoms with E-state index in [0.717, 1.165) is 60.5 Å². The highest BCUT2D eigenvalue weighted by Crippen LogP contribution is 2.49.